The molecule has 8 nitrogen and oxygen atoms in total. The summed E-state index contributed by atoms with van der Waals surface area (Å²) in [6.45, 7) is 0.442. The monoisotopic (exact) mass is 506 g/mol. The number of ether oxygens (including phenoxy) is 2. The van der Waals surface area contributed by atoms with Crippen LogP contribution in [0.15, 0.2) is 42.6 Å². The number of hydrogen-bond acceptors (Lipinski definition) is 5. The van der Waals surface area contributed by atoms with Crippen LogP contribution in [-0.2, 0) is 33.7 Å². The summed E-state index contributed by atoms with van der Waals surface area (Å²) in [6, 6.07) is 11.2. The van der Waals surface area contributed by atoms with E-state index in [9.17, 15) is 19.5 Å². The Morgan fingerprint density at radius 3 is 2.49 bits per heavy atom. The minimum absolute atomic E-state index is 0.112. The average molecular weight is 507 g/mol. The topological polar surface area (TPSA) is 98.1 Å². The predicted octanol–water partition coefficient (Wildman–Crippen LogP) is 4.45. The molecule has 1 N–H and O–H groups in total. The van der Waals surface area contributed by atoms with Crippen molar-refractivity contribution in [2.24, 2.45) is 0 Å². The second-order valence-corrected chi connectivity index (χ2v) is 9.66. The van der Waals surface area contributed by atoms with Crippen molar-refractivity contribution >= 4 is 28.7 Å². The summed E-state index contributed by atoms with van der Waals surface area (Å²) in [7, 11) is 4.80. The molecule has 1 aliphatic carbocycles. The summed E-state index contributed by atoms with van der Waals surface area (Å²) in [5.41, 5.74) is 3.85. The van der Waals surface area contributed by atoms with E-state index in [0.29, 0.717) is 31.2 Å². The van der Waals surface area contributed by atoms with Gasteiger partial charge >= 0.3 is 11.9 Å². The Morgan fingerprint density at radius 1 is 1.05 bits per heavy atom. The van der Waals surface area contributed by atoms with Crippen LogP contribution >= 0.6 is 0 Å². The van der Waals surface area contributed by atoms with Crippen LogP contribution in [-0.4, -0.2) is 59.7 Å². The zero-order chi connectivity index (χ0) is 26.5. The number of nitrogens with zero attached hydrogens (tertiary/aromatic N) is 2. The first kappa shape index (κ1) is 26.3. The molecule has 0 spiro atoms. The van der Waals surface area contributed by atoms with E-state index in [1.54, 1.807) is 12.1 Å². The number of carbonyl (C=O) groups is 3. The van der Waals surface area contributed by atoms with Gasteiger partial charge in [-0.3, -0.25) is 9.59 Å². The molecule has 0 bridgehead atoms. The van der Waals surface area contributed by atoms with Gasteiger partial charge in [0.1, 0.15) is 5.75 Å². The first-order valence-electron chi connectivity index (χ1n) is 12.6. The van der Waals surface area contributed by atoms with Crippen LogP contribution in [0.1, 0.15) is 59.2 Å². The van der Waals surface area contributed by atoms with Crippen molar-refractivity contribution < 1.29 is 29.0 Å². The molecular weight excluding hydrogens is 472 g/mol. The second-order valence-electron chi connectivity index (χ2n) is 9.66. The van der Waals surface area contributed by atoms with Gasteiger partial charge in [-0.05, 0) is 48.6 Å². The largest absolute Gasteiger partial charge is 0.496 e. The number of aromatic carboxylic acids is 1. The van der Waals surface area contributed by atoms with E-state index < -0.39 is 5.97 Å². The first-order valence-corrected chi connectivity index (χ1v) is 12.6. The molecular formula is C29H34N2O6. The van der Waals surface area contributed by atoms with E-state index in [-0.39, 0.29) is 23.9 Å². The van der Waals surface area contributed by atoms with E-state index in [0.717, 1.165) is 40.4 Å². The van der Waals surface area contributed by atoms with Crippen LogP contribution in [0.25, 0.3) is 10.9 Å². The fraction of sp³-hybridized carbons (Fsp3) is 0.414. The molecule has 1 heterocycles. The number of benzene rings is 2. The Balaban J connectivity index is 1.66. The van der Waals surface area contributed by atoms with Crippen LogP contribution in [0.2, 0.25) is 0 Å². The molecule has 0 aliphatic heterocycles. The summed E-state index contributed by atoms with van der Waals surface area (Å²) >= 11 is 0. The van der Waals surface area contributed by atoms with Gasteiger partial charge in [0.05, 0.1) is 32.7 Å². The predicted molar refractivity (Wildman–Crippen MR) is 140 cm³/mol. The molecule has 1 amide bonds. The van der Waals surface area contributed by atoms with Gasteiger partial charge < -0.3 is 24.0 Å². The number of aromatic nitrogens is 1. The minimum atomic E-state index is -1.02. The molecule has 1 saturated carbocycles. The third-order valence-corrected chi connectivity index (χ3v) is 7.35. The van der Waals surface area contributed by atoms with Gasteiger partial charge in [-0.25, -0.2) is 4.79 Å². The maximum absolute atomic E-state index is 13.0. The van der Waals surface area contributed by atoms with E-state index in [4.69, 9.17) is 9.47 Å². The number of aryl methyl sites for hydroxylation is 1. The van der Waals surface area contributed by atoms with E-state index in [2.05, 4.69) is 4.57 Å². The van der Waals surface area contributed by atoms with Crippen molar-refractivity contribution in [2.45, 2.75) is 57.5 Å². The molecule has 4 rings (SSSR count). The van der Waals surface area contributed by atoms with Gasteiger partial charge in [0.2, 0.25) is 5.91 Å². The molecule has 0 unspecified atom stereocenters. The van der Waals surface area contributed by atoms with Gasteiger partial charge in [-0.2, -0.15) is 0 Å². The van der Waals surface area contributed by atoms with Crippen molar-refractivity contribution in [2.75, 3.05) is 21.3 Å². The fourth-order valence-corrected chi connectivity index (χ4v) is 5.18. The molecule has 8 heteroatoms. The summed E-state index contributed by atoms with van der Waals surface area (Å²) in [5.74, 6) is -0.689. The number of carboxylic acids is 1. The Kier molecular flexibility index (Phi) is 8.16. The lowest BCUT2D eigenvalue weighted by atomic mass is 10.0. The zero-order valence-corrected chi connectivity index (χ0v) is 21.7. The van der Waals surface area contributed by atoms with Crippen LogP contribution < -0.4 is 4.74 Å². The van der Waals surface area contributed by atoms with Gasteiger partial charge in [0.15, 0.2) is 0 Å². The zero-order valence-electron chi connectivity index (χ0n) is 21.7. The summed E-state index contributed by atoms with van der Waals surface area (Å²) < 4.78 is 12.4. The number of carboxylic acid groups (broad SMARTS) is 1. The number of amides is 1. The minimum Gasteiger partial charge on any atom is -0.496 e. The number of rotatable bonds is 10. The summed E-state index contributed by atoms with van der Waals surface area (Å²) in [5, 5.41) is 10.3. The number of hydrogen-bond donors (Lipinski definition) is 1. The highest BCUT2D eigenvalue weighted by Gasteiger charge is 2.23. The first-order chi connectivity index (χ1) is 17.8. The molecule has 1 aromatic heterocycles. The lowest BCUT2D eigenvalue weighted by Gasteiger charge is -2.24. The van der Waals surface area contributed by atoms with Gasteiger partial charge in [-0.15, -0.1) is 0 Å². The Hall–Kier alpha value is -3.81. The molecule has 0 radical (unpaired) electrons. The van der Waals surface area contributed by atoms with Crippen molar-refractivity contribution in [1.82, 2.24) is 9.47 Å². The average Bonchev–Trinajstić information content (AvgIpc) is 3.55. The summed E-state index contributed by atoms with van der Waals surface area (Å²) in [6.07, 6.45) is 7.59. The lowest BCUT2D eigenvalue weighted by Crippen LogP contribution is -2.36. The molecule has 0 atom stereocenters. The van der Waals surface area contributed by atoms with Crippen molar-refractivity contribution in [1.29, 1.82) is 0 Å². The second kappa shape index (κ2) is 11.5. The SMILES string of the molecule is COC(=O)CCc1cn(Cc2ccc(C(=O)O)cc2OC)c2cc(CC(=O)N(C)C3CCCC3)ccc12. The van der Waals surface area contributed by atoms with E-state index in [1.807, 2.05) is 36.3 Å². The Morgan fingerprint density at radius 2 is 1.81 bits per heavy atom. The molecule has 3 aromatic rings. The van der Waals surface area contributed by atoms with Gasteiger partial charge in [0, 0.05) is 42.2 Å². The number of esters is 1. The van der Waals surface area contributed by atoms with Gasteiger partial charge in [-0.1, -0.05) is 31.0 Å². The molecule has 37 heavy (non-hydrogen) atoms. The highest BCUT2D eigenvalue weighted by atomic mass is 16.5. The highest BCUT2D eigenvalue weighted by molar-refractivity contribution is 5.89. The normalized spacial score (nSPS) is 13.6. The quantitative estimate of drug-likeness (QED) is 0.408. The molecule has 0 saturated heterocycles. The van der Waals surface area contributed by atoms with E-state index in [1.165, 1.54) is 33.1 Å². The van der Waals surface area contributed by atoms with Crippen molar-refractivity contribution in [3.63, 3.8) is 0 Å². The molecule has 2 aromatic carbocycles. The van der Waals surface area contributed by atoms with Gasteiger partial charge in [0.25, 0.3) is 0 Å². The fourth-order valence-electron chi connectivity index (χ4n) is 5.18. The standard InChI is InChI=1S/C29H34N2O6/c1-30(23-6-4-5-7-23)27(32)15-19-8-12-24-21(11-13-28(33)37-3)17-31(25(24)14-19)18-22-10-9-20(29(34)35)16-26(22)36-2/h8-10,12,14,16-17,23H,4-7,11,13,15,18H2,1-3H3,(H,34,35). The summed E-state index contributed by atoms with van der Waals surface area (Å²) in [4.78, 5) is 38.1. The van der Waals surface area contributed by atoms with Crippen LogP contribution in [0, 0.1) is 0 Å². The van der Waals surface area contributed by atoms with Crippen LogP contribution in [0.3, 0.4) is 0 Å². The Labute approximate surface area is 216 Å². The van der Waals surface area contributed by atoms with Crippen LogP contribution in [0.4, 0.5) is 0 Å². The lowest BCUT2D eigenvalue weighted by molar-refractivity contribution is -0.140. The van der Waals surface area contributed by atoms with Crippen LogP contribution in [0.5, 0.6) is 5.75 Å². The maximum Gasteiger partial charge on any atom is 0.335 e. The number of methoxy groups -OCH3 is 2. The number of likely N-dealkylation sites (N-methyl/N-ethyl adjacent to an activating group) is 1. The smallest absolute Gasteiger partial charge is 0.335 e. The molecule has 196 valence electrons. The third-order valence-electron chi connectivity index (χ3n) is 7.35. The van der Waals surface area contributed by atoms with Crippen molar-refractivity contribution in [3.8, 4) is 5.75 Å². The Bertz CT molecular complexity index is 1310. The number of carbonyl (C=O) groups excluding carboxylic acids is 2. The highest BCUT2D eigenvalue weighted by Crippen LogP contribution is 2.29. The third kappa shape index (κ3) is 5.96. The van der Waals surface area contributed by atoms with E-state index >= 15 is 0 Å². The van der Waals surface area contributed by atoms with Crippen molar-refractivity contribution in [3.05, 3.63) is 64.8 Å². The number of fused-ring (bicyclic) bond motifs is 1. The molecule has 1 aliphatic rings. The molecule has 1 fully saturated rings. The maximum atomic E-state index is 13.0.